The molecule has 0 aliphatic heterocycles. The molecule has 0 fully saturated rings. The van der Waals surface area contributed by atoms with E-state index in [1.807, 2.05) is 0 Å². The monoisotopic (exact) mass is 162 g/mol. The van der Waals surface area contributed by atoms with Crippen LogP contribution in [-0.2, 0) is 0 Å². The molecule has 0 bridgehead atoms. The van der Waals surface area contributed by atoms with E-state index in [-0.39, 0.29) is 5.96 Å². The Labute approximate surface area is 65.9 Å². The minimum atomic E-state index is 0.0185. The molecule has 66 valence electrons. The third kappa shape index (κ3) is 135. The van der Waals surface area contributed by atoms with E-state index >= 15 is 0 Å². The predicted octanol–water partition coefficient (Wildman–Crippen LogP) is -2.02. The lowest BCUT2D eigenvalue weighted by Crippen LogP contribution is -2.84. The van der Waals surface area contributed by atoms with E-state index in [0.29, 0.717) is 0 Å². The van der Waals surface area contributed by atoms with Crippen molar-refractivity contribution in [2.75, 3.05) is 14.1 Å². The van der Waals surface area contributed by atoms with E-state index in [1.165, 1.54) is 19.4 Å². The summed E-state index contributed by atoms with van der Waals surface area (Å²) in [5.74, 6) is 0.0185. The molecule has 0 saturated heterocycles. The van der Waals surface area contributed by atoms with Crippen molar-refractivity contribution in [3.05, 3.63) is 7.05 Å². The number of quaternary nitrogens is 1. The molecule has 8 N–H and O–H groups in total. The Bertz CT molecular complexity index is 114. The quantitative estimate of drug-likeness (QED) is 0.0920. The van der Waals surface area contributed by atoms with Crippen LogP contribution >= 0.6 is 0 Å². The van der Waals surface area contributed by atoms with Crippen LogP contribution < -0.4 is 21.7 Å². The maximum absolute atomic E-state index is 6.40. The van der Waals surface area contributed by atoms with Gasteiger partial charge in [0, 0.05) is 0 Å². The number of hydrogen-bond donors (Lipinski definition) is 5. The third-order valence-electron chi connectivity index (χ3n) is 0.320. The Morgan fingerprint density at radius 3 is 1.82 bits per heavy atom. The summed E-state index contributed by atoms with van der Waals surface area (Å²) in [7, 11) is 6.16. The summed E-state index contributed by atoms with van der Waals surface area (Å²) >= 11 is 0. The van der Waals surface area contributed by atoms with Gasteiger partial charge >= 0.3 is 0 Å². The fourth-order valence-electron chi connectivity index (χ4n) is 0. The van der Waals surface area contributed by atoms with Crippen LogP contribution in [0.15, 0.2) is 5.11 Å². The highest BCUT2D eigenvalue weighted by Gasteiger charge is 1.67. The van der Waals surface area contributed by atoms with Crippen LogP contribution in [0.1, 0.15) is 0 Å². The molecule has 0 aromatic heterocycles. The molecule has 11 heavy (non-hydrogen) atoms. The molecule has 0 spiro atoms. The number of hydrogen-bond acceptors (Lipinski definition) is 4. The molecule has 0 aromatic rings. The van der Waals surface area contributed by atoms with Crippen molar-refractivity contribution < 1.29 is 5.32 Å². The van der Waals surface area contributed by atoms with Crippen LogP contribution in [0.4, 0.5) is 0 Å². The van der Waals surface area contributed by atoms with Gasteiger partial charge in [0.25, 0.3) is 5.96 Å². The van der Waals surface area contributed by atoms with E-state index in [2.05, 4.69) is 22.8 Å². The zero-order valence-corrected chi connectivity index (χ0v) is 6.83. The smallest absolute Gasteiger partial charge is 0.261 e. The maximum atomic E-state index is 6.40. The second-order valence-electron chi connectivity index (χ2n) is 0.959. The normalized spacial score (nSPS) is 5.45. The first-order chi connectivity index (χ1) is 5.18. The van der Waals surface area contributed by atoms with Crippen molar-refractivity contribution in [1.29, 1.82) is 10.9 Å². The van der Waals surface area contributed by atoms with Crippen LogP contribution in [0, 0.1) is 18.0 Å². The van der Waals surface area contributed by atoms with E-state index in [1.54, 1.807) is 0 Å². The molecule has 0 heterocycles. The highest BCUT2D eigenvalue weighted by Crippen LogP contribution is 1.25. The Morgan fingerprint density at radius 1 is 1.64 bits per heavy atom. The summed E-state index contributed by atoms with van der Waals surface area (Å²) in [6.45, 7) is 0. The van der Waals surface area contributed by atoms with Crippen molar-refractivity contribution >= 4 is 5.96 Å². The topological polar surface area (TPSA) is 143 Å². The minimum Gasteiger partial charge on any atom is -0.415 e. The van der Waals surface area contributed by atoms with Crippen LogP contribution in [0.2, 0.25) is 0 Å². The molecular weight excluding hydrogens is 146 g/mol. The molecule has 0 saturated carbocycles. The minimum absolute atomic E-state index is 0.0185. The molecule has 0 aliphatic rings. The first-order valence-corrected chi connectivity index (χ1v) is 2.68. The van der Waals surface area contributed by atoms with Gasteiger partial charge in [-0.05, 0) is 7.05 Å². The summed E-state index contributed by atoms with van der Waals surface area (Å²) in [5.41, 5.74) is 15.2. The van der Waals surface area contributed by atoms with Gasteiger partial charge in [0.2, 0.25) is 4.91 Å². The van der Waals surface area contributed by atoms with Gasteiger partial charge in [-0.1, -0.05) is 0 Å². The molecule has 0 aliphatic carbocycles. The summed E-state index contributed by atoms with van der Waals surface area (Å²) in [4.78, 5) is 2.61. The molecule has 0 atom stereocenters. The SMILES string of the molecule is CN.CN=[N+]=N.[CH2-][NH2+]C(=N)N. The van der Waals surface area contributed by atoms with Gasteiger partial charge in [-0.3, -0.25) is 0 Å². The number of nitrogens with one attached hydrogen (secondary N) is 2. The summed E-state index contributed by atoms with van der Waals surface area (Å²) < 4.78 is 0. The molecular formula is C4H16N7+. The van der Waals surface area contributed by atoms with Gasteiger partial charge < -0.3 is 16.8 Å². The second kappa shape index (κ2) is 23.4. The van der Waals surface area contributed by atoms with Gasteiger partial charge in [0.1, 0.15) is 17.7 Å². The average molecular weight is 162 g/mol. The molecule has 7 nitrogen and oxygen atoms in total. The van der Waals surface area contributed by atoms with Crippen molar-refractivity contribution in [3.63, 3.8) is 0 Å². The Balaban J connectivity index is -0.0000000965. The van der Waals surface area contributed by atoms with Crippen molar-refractivity contribution in [2.24, 2.45) is 16.6 Å². The Morgan fingerprint density at radius 2 is 1.82 bits per heavy atom. The van der Waals surface area contributed by atoms with Crippen molar-refractivity contribution in [1.82, 2.24) is 4.91 Å². The molecule has 0 unspecified atom stereocenters. The third-order valence-corrected chi connectivity index (χ3v) is 0.320. The zero-order valence-electron chi connectivity index (χ0n) is 6.83. The van der Waals surface area contributed by atoms with Crippen LogP contribution in [0.3, 0.4) is 0 Å². The lowest BCUT2D eigenvalue weighted by molar-refractivity contribution is -0.473. The largest absolute Gasteiger partial charge is 0.415 e. The van der Waals surface area contributed by atoms with Crippen LogP contribution in [-0.4, -0.2) is 20.1 Å². The lowest BCUT2D eigenvalue weighted by atomic mass is 11.0. The van der Waals surface area contributed by atoms with Crippen molar-refractivity contribution in [3.8, 4) is 0 Å². The molecule has 0 rings (SSSR count). The first kappa shape index (κ1) is 16.4. The molecule has 7 heteroatoms. The van der Waals surface area contributed by atoms with Gasteiger partial charge in [-0.25, -0.2) is 5.41 Å². The van der Waals surface area contributed by atoms with Crippen LogP contribution in [0.5, 0.6) is 0 Å². The molecule has 0 amide bonds. The van der Waals surface area contributed by atoms with Crippen LogP contribution in [0.25, 0.3) is 0 Å². The van der Waals surface area contributed by atoms with Gasteiger partial charge in [0.15, 0.2) is 0 Å². The van der Waals surface area contributed by atoms with Gasteiger partial charge in [-0.2, -0.15) is 0 Å². The fourth-order valence-corrected chi connectivity index (χ4v) is 0. The van der Waals surface area contributed by atoms with Crippen molar-refractivity contribution in [2.45, 2.75) is 0 Å². The van der Waals surface area contributed by atoms with Gasteiger partial charge in [-0.15, -0.1) is 7.05 Å². The summed E-state index contributed by atoms with van der Waals surface area (Å²) in [6, 6.07) is 0. The number of nitrogens with two attached hydrogens (primary N) is 3. The number of guanidine groups is 1. The Hall–Kier alpha value is -1.30. The predicted molar refractivity (Wildman–Crippen MR) is 42.5 cm³/mol. The van der Waals surface area contributed by atoms with E-state index in [4.69, 9.17) is 16.7 Å². The number of nitrogens with zero attached hydrogens (tertiary/aromatic N) is 2. The molecule has 0 aromatic carbocycles. The fraction of sp³-hybridized carbons (Fsp3) is 0.500. The maximum Gasteiger partial charge on any atom is 0.261 e. The van der Waals surface area contributed by atoms with Gasteiger partial charge in [0.05, 0.1) is 0 Å². The molecule has 0 radical (unpaired) electrons. The zero-order chi connectivity index (χ0) is 9.70. The van der Waals surface area contributed by atoms with E-state index in [9.17, 15) is 0 Å². The number of rotatable bonds is 0. The summed E-state index contributed by atoms with van der Waals surface area (Å²) in [5, 5.41) is 10.7. The Kier molecular flexibility index (Phi) is 34.7. The van der Waals surface area contributed by atoms with E-state index < -0.39 is 0 Å². The van der Waals surface area contributed by atoms with E-state index in [0.717, 1.165) is 0 Å². The second-order valence-corrected chi connectivity index (χ2v) is 0.959. The highest BCUT2D eigenvalue weighted by atomic mass is 15.1. The first-order valence-electron chi connectivity index (χ1n) is 2.68. The summed E-state index contributed by atoms with van der Waals surface area (Å²) in [6.07, 6.45) is 0. The lowest BCUT2D eigenvalue weighted by Gasteiger charge is -1.86. The highest BCUT2D eigenvalue weighted by molar-refractivity contribution is 5.63. The standard InChI is InChI=1S/C2H7N3.CH4N3.CH5N/c1-5-2(3)4;1-3-4-2;1-2/h1,5H2,(H3,3,4);2H,1H3;2H2,1H3/q;+1;. The average Bonchev–Trinajstić information content (AvgIpc) is 2.08.